The van der Waals surface area contributed by atoms with E-state index in [1.54, 1.807) is 16.9 Å². The Balaban J connectivity index is 1.60. The molecule has 6 nitrogen and oxygen atoms in total. The number of amides is 1. The van der Waals surface area contributed by atoms with Gasteiger partial charge < -0.3 is 9.32 Å². The van der Waals surface area contributed by atoms with Gasteiger partial charge in [-0.3, -0.25) is 14.2 Å². The number of hydrogen-bond acceptors (Lipinski definition) is 5. The molecule has 4 rings (SSSR count). The van der Waals surface area contributed by atoms with E-state index in [9.17, 15) is 9.59 Å². The third kappa shape index (κ3) is 4.77. The number of fused-ring (bicyclic) bond motifs is 1. The Morgan fingerprint density at radius 3 is 2.77 bits per heavy atom. The van der Waals surface area contributed by atoms with Crippen LogP contribution in [0, 0.1) is 0 Å². The summed E-state index contributed by atoms with van der Waals surface area (Å²) in [6.45, 7) is 4.33. The van der Waals surface area contributed by atoms with Gasteiger partial charge in [-0.1, -0.05) is 30.0 Å². The molecule has 1 amide bonds. The number of para-hydroxylation sites is 1. The topological polar surface area (TPSA) is 68.3 Å². The first-order valence-corrected chi connectivity index (χ1v) is 11.7. The van der Waals surface area contributed by atoms with E-state index in [-0.39, 0.29) is 23.3 Å². The number of benzene rings is 1. The minimum Gasteiger partial charge on any atom is -0.467 e. The lowest BCUT2D eigenvalue weighted by molar-refractivity contribution is -0.127. The normalized spacial score (nSPS) is 14.1. The molecule has 1 aliphatic rings. The van der Waals surface area contributed by atoms with Gasteiger partial charge >= 0.3 is 0 Å². The molecule has 0 spiro atoms. The van der Waals surface area contributed by atoms with Crippen LogP contribution in [0.2, 0.25) is 0 Å². The SMILES string of the molecule is CC(C)n1c(SCC(=O)N(Cc2ccco2)C2=CCCCC2)nc2ccccc2c1=O. The number of carbonyl (C=O) groups excluding carboxylic acids is 1. The summed E-state index contributed by atoms with van der Waals surface area (Å²) >= 11 is 1.32. The van der Waals surface area contributed by atoms with Gasteiger partial charge in [-0.25, -0.2) is 4.98 Å². The number of furan rings is 1. The fraction of sp³-hybridized carbons (Fsp3) is 0.375. The number of carbonyl (C=O) groups is 1. The number of aromatic nitrogens is 2. The highest BCUT2D eigenvalue weighted by molar-refractivity contribution is 7.99. The molecule has 0 unspecified atom stereocenters. The van der Waals surface area contributed by atoms with Gasteiger partial charge in [0.15, 0.2) is 5.16 Å². The van der Waals surface area contributed by atoms with Crippen LogP contribution in [-0.2, 0) is 11.3 Å². The molecule has 0 fully saturated rings. The van der Waals surface area contributed by atoms with Crippen LogP contribution in [0.5, 0.6) is 0 Å². The van der Waals surface area contributed by atoms with E-state index in [0.717, 1.165) is 37.1 Å². The fourth-order valence-electron chi connectivity index (χ4n) is 3.86. The van der Waals surface area contributed by atoms with Crippen LogP contribution in [0.3, 0.4) is 0 Å². The van der Waals surface area contributed by atoms with Crippen molar-refractivity contribution in [3.8, 4) is 0 Å². The molecule has 0 radical (unpaired) electrons. The number of hydrogen-bond donors (Lipinski definition) is 0. The molecule has 0 N–H and O–H groups in total. The second kappa shape index (κ2) is 9.56. The summed E-state index contributed by atoms with van der Waals surface area (Å²) < 4.78 is 7.17. The molecule has 2 heterocycles. The number of allylic oxidation sites excluding steroid dienone is 2. The van der Waals surface area contributed by atoms with Crippen LogP contribution in [0.15, 0.2) is 68.8 Å². The highest BCUT2D eigenvalue weighted by atomic mass is 32.2. The molecule has 3 aromatic rings. The summed E-state index contributed by atoms with van der Waals surface area (Å²) in [6.07, 6.45) is 7.91. The van der Waals surface area contributed by atoms with Gasteiger partial charge in [-0.05, 0) is 63.8 Å². The quantitative estimate of drug-likeness (QED) is 0.378. The molecular weight excluding hydrogens is 410 g/mol. The van der Waals surface area contributed by atoms with Crippen LogP contribution in [-0.4, -0.2) is 26.1 Å². The van der Waals surface area contributed by atoms with Gasteiger partial charge in [0.2, 0.25) is 5.91 Å². The van der Waals surface area contributed by atoms with Crippen LogP contribution < -0.4 is 5.56 Å². The van der Waals surface area contributed by atoms with Crippen molar-refractivity contribution in [3.05, 3.63) is 70.5 Å². The lowest BCUT2D eigenvalue weighted by atomic mass is 10.0. The van der Waals surface area contributed by atoms with Crippen molar-refractivity contribution in [2.24, 2.45) is 0 Å². The summed E-state index contributed by atoms with van der Waals surface area (Å²) in [5.74, 6) is 0.954. The molecule has 1 aliphatic carbocycles. The predicted molar refractivity (Wildman–Crippen MR) is 123 cm³/mol. The van der Waals surface area contributed by atoms with Gasteiger partial charge in [-0.2, -0.15) is 0 Å². The van der Waals surface area contributed by atoms with Crippen LogP contribution in [0.4, 0.5) is 0 Å². The monoisotopic (exact) mass is 437 g/mol. The predicted octanol–water partition coefficient (Wildman–Crippen LogP) is 5.15. The van der Waals surface area contributed by atoms with Gasteiger partial charge in [0.25, 0.3) is 5.56 Å². The van der Waals surface area contributed by atoms with E-state index in [0.29, 0.717) is 22.6 Å². The van der Waals surface area contributed by atoms with Crippen molar-refractivity contribution in [3.63, 3.8) is 0 Å². The first kappa shape index (κ1) is 21.4. The maximum Gasteiger partial charge on any atom is 0.262 e. The second-order valence-electron chi connectivity index (χ2n) is 7.97. The zero-order valence-corrected chi connectivity index (χ0v) is 18.7. The Morgan fingerprint density at radius 1 is 1.23 bits per heavy atom. The van der Waals surface area contributed by atoms with Crippen molar-refractivity contribution in [2.75, 3.05) is 5.75 Å². The maximum absolute atomic E-state index is 13.3. The molecule has 1 aromatic carbocycles. The largest absolute Gasteiger partial charge is 0.467 e. The Kier molecular flexibility index (Phi) is 6.61. The molecular formula is C24H27N3O3S. The third-order valence-corrected chi connectivity index (χ3v) is 6.36. The highest BCUT2D eigenvalue weighted by Gasteiger charge is 2.22. The average Bonchev–Trinajstić information content (AvgIpc) is 3.29. The van der Waals surface area contributed by atoms with E-state index >= 15 is 0 Å². The molecule has 0 saturated carbocycles. The van der Waals surface area contributed by atoms with E-state index in [1.807, 2.05) is 49.1 Å². The lowest BCUT2D eigenvalue weighted by Gasteiger charge is -2.27. The lowest BCUT2D eigenvalue weighted by Crippen LogP contribution is -2.32. The molecule has 0 saturated heterocycles. The van der Waals surface area contributed by atoms with E-state index < -0.39 is 0 Å². The van der Waals surface area contributed by atoms with Crippen molar-refractivity contribution >= 4 is 28.6 Å². The van der Waals surface area contributed by atoms with Gasteiger partial charge in [-0.15, -0.1) is 0 Å². The van der Waals surface area contributed by atoms with E-state index in [4.69, 9.17) is 9.40 Å². The molecule has 31 heavy (non-hydrogen) atoms. The molecule has 0 atom stereocenters. The summed E-state index contributed by atoms with van der Waals surface area (Å²) in [5, 5.41) is 1.17. The summed E-state index contributed by atoms with van der Waals surface area (Å²) in [7, 11) is 0. The Hall–Kier alpha value is -2.80. The van der Waals surface area contributed by atoms with Crippen molar-refractivity contribution in [1.29, 1.82) is 0 Å². The summed E-state index contributed by atoms with van der Waals surface area (Å²) in [4.78, 5) is 32.8. The Labute approximate surface area is 186 Å². The maximum atomic E-state index is 13.3. The minimum atomic E-state index is -0.0713. The van der Waals surface area contributed by atoms with Crippen molar-refractivity contribution in [1.82, 2.24) is 14.5 Å². The summed E-state index contributed by atoms with van der Waals surface area (Å²) in [5.41, 5.74) is 1.64. The molecule has 7 heteroatoms. The molecule has 0 bridgehead atoms. The first-order chi connectivity index (χ1) is 15.0. The standard InChI is InChI=1S/C24H27N3O3S/c1-17(2)27-23(29)20-12-6-7-13-21(20)25-24(27)31-16-22(28)26(15-19-11-8-14-30-19)18-9-4-3-5-10-18/h6-9,11-14,17H,3-5,10,15-16H2,1-2H3. The number of nitrogens with zero attached hydrogens (tertiary/aromatic N) is 3. The Bertz CT molecular complexity index is 1150. The van der Waals surface area contributed by atoms with Gasteiger partial charge in [0, 0.05) is 11.7 Å². The molecule has 2 aromatic heterocycles. The van der Waals surface area contributed by atoms with Crippen molar-refractivity contribution in [2.45, 2.75) is 57.3 Å². The van der Waals surface area contributed by atoms with Gasteiger partial charge in [0.05, 0.1) is 29.5 Å². The first-order valence-electron chi connectivity index (χ1n) is 10.7. The summed E-state index contributed by atoms with van der Waals surface area (Å²) in [6, 6.07) is 11.0. The fourth-order valence-corrected chi connectivity index (χ4v) is 4.87. The van der Waals surface area contributed by atoms with Gasteiger partial charge in [0.1, 0.15) is 5.76 Å². The average molecular weight is 438 g/mol. The molecule has 162 valence electrons. The van der Waals surface area contributed by atoms with Crippen LogP contribution in [0.25, 0.3) is 10.9 Å². The number of rotatable bonds is 7. The third-order valence-electron chi connectivity index (χ3n) is 5.43. The van der Waals surface area contributed by atoms with Crippen LogP contribution in [0.1, 0.15) is 51.3 Å². The molecule has 0 aliphatic heterocycles. The minimum absolute atomic E-state index is 0.00716. The van der Waals surface area contributed by atoms with Crippen molar-refractivity contribution < 1.29 is 9.21 Å². The van der Waals surface area contributed by atoms with Crippen LogP contribution >= 0.6 is 11.8 Å². The smallest absolute Gasteiger partial charge is 0.262 e. The zero-order chi connectivity index (χ0) is 21.8. The van der Waals surface area contributed by atoms with E-state index in [1.165, 1.54) is 11.8 Å². The zero-order valence-electron chi connectivity index (χ0n) is 17.9. The second-order valence-corrected chi connectivity index (χ2v) is 8.91. The number of thioether (sulfide) groups is 1. The Morgan fingerprint density at radius 2 is 2.06 bits per heavy atom. The highest BCUT2D eigenvalue weighted by Crippen LogP contribution is 2.26. The van der Waals surface area contributed by atoms with E-state index in [2.05, 4.69) is 6.08 Å².